The maximum atomic E-state index is 5.39. The summed E-state index contributed by atoms with van der Waals surface area (Å²) >= 11 is 1.62. The number of imidazole rings is 1. The number of aromatic nitrogens is 4. The molecule has 1 aliphatic heterocycles. The predicted molar refractivity (Wildman–Crippen MR) is 120 cm³/mol. The van der Waals surface area contributed by atoms with Gasteiger partial charge in [0.15, 0.2) is 0 Å². The summed E-state index contributed by atoms with van der Waals surface area (Å²) in [5, 5.41) is 12.6. The first-order valence-electron chi connectivity index (χ1n) is 11.0. The second-order valence-electron chi connectivity index (χ2n) is 8.05. The molecule has 3 aromatic rings. The molecule has 0 spiro atoms. The predicted octanol–water partition coefficient (Wildman–Crippen LogP) is 3.34. The quantitative estimate of drug-likeness (QED) is 0.599. The molecule has 0 atom stereocenters. The third-order valence-corrected chi connectivity index (χ3v) is 6.73. The summed E-state index contributed by atoms with van der Waals surface area (Å²) in [6, 6.07) is 4.64. The minimum Gasteiger partial charge on any atom is -0.379 e. The Labute approximate surface area is 180 Å². The molecule has 3 aromatic heterocycles. The highest BCUT2D eigenvalue weighted by molar-refractivity contribution is 7.20. The first-order chi connectivity index (χ1) is 14.8. The lowest BCUT2D eigenvalue weighted by molar-refractivity contribution is 0.0398. The van der Waals surface area contributed by atoms with Crippen LogP contribution in [0.2, 0.25) is 0 Å². The van der Waals surface area contributed by atoms with Gasteiger partial charge in [-0.2, -0.15) is 0 Å². The summed E-state index contributed by atoms with van der Waals surface area (Å²) in [6.07, 6.45) is 10.3. The van der Waals surface area contributed by atoms with Gasteiger partial charge in [-0.05, 0) is 25.0 Å². The smallest absolute Gasteiger partial charge is 0.214 e. The normalized spacial score (nSPS) is 18.7. The van der Waals surface area contributed by atoms with Crippen molar-refractivity contribution in [3.05, 3.63) is 24.5 Å². The summed E-state index contributed by atoms with van der Waals surface area (Å²) in [7, 11) is 0. The van der Waals surface area contributed by atoms with E-state index in [9.17, 15) is 0 Å². The number of rotatable bonds is 7. The second kappa shape index (κ2) is 9.28. The Morgan fingerprint density at radius 1 is 1.13 bits per heavy atom. The van der Waals surface area contributed by atoms with Gasteiger partial charge in [0.05, 0.1) is 25.1 Å². The molecule has 5 rings (SSSR count). The van der Waals surface area contributed by atoms with Gasteiger partial charge in [0.25, 0.3) is 0 Å². The van der Waals surface area contributed by atoms with Crippen LogP contribution in [0.3, 0.4) is 0 Å². The van der Waals surface area contributed by atoms with E-state index in [2.05, 4.69) is 31.7 Å². The van der Waals surface area contributed by atoms with Crippen molar-refractivity contribution in [2.75, 3.05) is 50.0 Å². The average molecular weight is 428 g/mol. The molecule has 2 fully saturated rings. The van der Waals surface area contributed by atoms with E-state index in [1.807, 2.05) is 23.0 Å². The Morgan fingerprint density at radius 3 is 2.77 bits per heavy atom. The molecule has 30 heavy (non-hydrogen) atoms. The Bertz CT molecular complexity index is 911. The van der Waals surface area contributed by atoms with Gasteiger partial charge in [-0.25, -0.2) is 14.5 Å². The maximum absolute atomic E-state index is 5.39. The maximum Gasteiger partial charge on any atom is 0.214 e. The zero-order chi connectivity index (χ0) is 20.2. The van der Waals surface area contributed by atoms with Crippen LogP contribution in [-0.2, 0) is 4.74 Å². The van der Waals surface area contributed by atoms with E-state index in [0.717, 1.165) is 66.6 Å². The summed E-state index contributed by atoms with van der Waals surface area (Å²) in [6.45, 7) is 5.58. The molecule has 2 aliphatic rings. The highest BCUT2D eigenvalue weighted by Gasteiger charge is 2.16. The van der Waals surface area contributed by atoms with Gasteiger partial charge in [-0.1, -0.05) is 30.6 Å². The van der Waals surface area contributed by atoms with E-state index in [0.29, 0.717) is 6.04 Å². The van der Waals surface area contributed by atoms with Crippen molar-refractivity contribution in [1.82, 2.24) is 24.5 Å². The zero-order valence-corrected chi connectivity index (χ0v) is 18.0. The lowest BCUT2D eigenvalue weighted by atomic mass is 9.96. The summed E-state index contributed by atoms with van der Waals surface area (Å²) in [5.74, 6) is 0.894. The van der Waals surface area contributed by atoms with Crippen molar-refractivity contribution in [3.63, 3.8) is 0 Å². The van der Waals surface area contributed by atoms with E-state index >= 15 is 0 Å². The largest absolute Gasteiger partial charge is 0.379 e. The molecule has 1 saturated carbocycles. The molecule has 0 bridgehead atoms. The van der Waals surface area contributed by atoms with Crippen LogP contribution >= 0.6 is 11.3 Å². The van der Waals surface area contributed by atoms with Crippen LogP contribution in [0.5, 0.6) is 0 Å². The molecule has 0 amide bonds. The van der Waals surface area contributed by atoms with Crippen LogP contribution < -0.4 is 10.6 Å². The standard InChI is InChI=1S/C21H29N7OS/c1-2-4-17(5-3-1)24-20-26-28-15-18(25-21(28)30-20)16-6-7-19(23-14-16)22-8-9-27-10-12-29-13-11-27/h6-7,14-15,17H,1-5,8-13H2,(H,22,23)(H,24,26). The fraction of sp³-hybridized carbons (Fsp3) is 0.571. The number of nitrogens with zero attached hydrogens (tertiary/aromatic N) is 5. The van der Waals surface area contributed by atoms with Crippen LogP contribution in [0.4, 0.5) is 10.9 Å². The van der Waals surface area contributed by atoms with Crippen molar-refractivity contribution >= 4 is 27.2 Å². The fourth-order valence-electron chi connectivity index (χ4n) is 4.14. The Hall–Kier alpha value is -2.23. The molecule has 2 N–H and O–H groups in total. The van der Waals surface area contributed by atoms with Crippen LogP contribution in [0.25, 0.3) is 16.2 Å². The molecule has 0 radical (unpaired) electrons. The highest BCUT2D eigenvalue weighted by atomic mass is 32.1. The van der Waals surface area contributed by atoms with Gasteiger partial charge in [0, 0.05) is 44.0 Å². The number of anilines is 2. The van der Waals surface area contributed by atoms with Crippen molar-refractivity contribution in [2.45, 2.75) is 38.1 Å². The zero-order valence-electron chi connectivity index (χ0n) is 17.2. The minimum atomic E-state index is 0.557. The van der Waals surface area contributed by atoms with Crippen LogP contribution in [0.1, 0.15) is 32.1 Å². The number of hydrogen-bond donors (Lipinski definition) is 2. The molecule has 4 heterocycles. The van der Waals surface area contributed by atoms with E-state index in [1.54, 1.807) is 11.3 Å². The molecule has 9 heteroatoms. The Balaban J connectivity index is 1.17. The van der Waals surface area contributed by atoms with Crippen molar-refractivity contribution < 1.29 is 4.74 Å². The minimum absolute atomic E-state index is 0.557. The third-order valence-electron chi connectivity index (χ3n) is 5.87. The second-order valence-corrected chi connectivity index (χ2v) is 9.01. The topological polar surface area (TPSA) is 79.6 Å². The summed E-state index contributed by atoms with van der Waals surface area (Å²) in [5.41, 5.74) is 1.92. The highest BCUT2D eigenvalue weighted by Crippen LogP contribution is 2.27. The lowest BCUT2D eigenvalue weighted by Crippen LogP contribution is -2.39. The number of hydrogen-bond acceptors (Lipinski definition) is 8. The monoisotopic (exact) mass is 427 g/mol. The molecule has 160 valence electrons. The molecule has 0 unspecified atom stereocenters. The van der Waals surface area contributed by atoms with Crippen molar-refractivity contribution in [1.29, 1.82) is 0 Å². The van der Waals surface area contributed by atoms with Crippen LogP contribution in [-0.4, -0.2) is 69.9 Å². The average Bonchev–Trinajstić information content (AvgIpc) is 3.34. The first kappa shape index (κ1) is 19.7. The number of pyridine rings is 1. The number of morpholine rings is 1. The third kappa shape index (κ3) is 4.74. The van der Waals surface area contributed by atoms with Gasteiger partial charge in [-0.15, -0.1) is 5.10 Å². The SMILES string of the molecule is c1cc(NCCN2CCOCC2)ncc1-c1cn2nc(NC3CCCCC3)sc2n1. The van der Waals surface area contributed by atoms with Gasteiger partial charge in [-0.3, -0.25) is 4.90 Å². The van der Waals surface area contributed by atoms with Gasteiger partial charge in [0.1, 0.15) is 5.82 Å². The van der Waals surface area contributed by atoms with Gasteiger partial charge >= 0.3 is 0 Å². The van der Waals surface area contributed by atoms with Crippen molar-refractivity contribution in [2.24, 2.45) is 0 Å². The summed E-state index contributed by atoms with van der Waals surface area (Å²) in [4.78, 5) is 12.6. The number of nitrogens with one attached hydrogen (secondary N) is 2. The molecule has 1 saturated heterocycles. The van der Waals surface area contributed by atoms with E-state index in [4.69, 9.17) is 9.72 Å². The van der Waals surface area contributed by atoms with Gasteiger partial charge in [0.2, 0.25) is 10.1 Å². The Kier molecular flexibility index (Phi) is 6.10. The molecule has 1 aliphatic carbocycles. The molecular weight excluding hydrogens is 398 g/mol. The van der Waals surface area contributed by atoms with E-state index in [-0.39, 0.29) is 0 Å². The van der Waals surface area contributed by atoms with E-state index in [1.165, 1.54) is 32.1 Å². The van der Waals surface area contributed by atoms with Crippen LogP contribution in [0.15, 0.2) is 24.5 Å². The van der Waals surface area contributed by atoms with Crippen LogP contribution in [0, 0.1) is 0 Å². The molecule has 8 nitrogen and oxygen atoms in total. The first-order valence-corrected chi connectivity index (χ1v) is 11.8. The number of fused-ring (bicyclic) bond motifs is 1. The summed E-state index contributed by atoms with van der Waals surface area (Å²) < 4.78 is 7.26. The van der Waals surface area contributed by atoms with E-state index < -0.39 is 0 Å². The number of ether oxygens (including phenoxy) is 1. The lowest BCUT2D eigenvalue weighted by Gasteiger charge is -2.26. The van der Waals surface area contributed by atoms with Gasteiger partial charge < -0.3 is 15.4 Å². The van der Waals surface area contributed by atoms with Crippen molar-refractivity contribution in [3.8, 4) is 11.3 Å². The fourth-order valence-corrected chi connectivity index (χ4v) is 4.99. The molecule has 0 aromatic carbocycles. The molecular formula is C21H29N7OS. The Morgan fingerprint density at radius 2 is 2.00 bits per heavy atom.